The Morgan fingerprint density at radius 2 is 2.27 bits per heavy atom. The maximum absolute atomic E-state index is 13.2. The predicted octanol–water partition coefficient (Wildman–Crippen LogP) is 1.73. The van der Waals surface area contributed by atoms with Gasteiger partial charge in [-0.2, -0.15) is 0 Å². The first-order chi connectivity index (χ1) is 7.18. The monoisotopic (exact) mass is 205 g/mol. The number of nitrogen functional groups attached to an aromatic ring is 1. The van der Waals surface area contributed by atoms with Gasteiger partial charge in [0.1, 0.15) is 11.6 Å². The number of hydrogen-bond donors (Lipinski definition) is 1. The van der Waals surface area contributed by atoms with Crippen molar-refractivity contribution < 1.29 is 4.39 Å². The summed E-state index contributed by atoms with van der Waals surface area (Å²) < 4.78 is 15.0. The van der Waals surface area contributed by atoms with Crippen LogP contribution in [0.1, 0.15) is 11.4 Å². The molecule has 0 fully saturated rings. The molecule has 0 saturated heterocycles. The highest BCUT2D eigenvalue weighted by Crippen LogP contribution is 2.18. The molecule has 0 amide bonds. The molecule has 0 aliphatic heterocycles. The molecule has 2 rings (SSSR count). The third-order valence-electron chi connectivity index (χ3n) is 2.41. The second-order valence-electron chi connectivity index (χ2n) is 3.44. The number of halogens is 1. The van der Waals surface area contributed by atoms with Crippen LogP contribution in [-0.2, 0) is 13.5 Å². The van der Waals surface area contributed by atoms with Crippen LogP contribution in [-0.4, -0.2) is 9.55 Å². The minimum absolute atomic E-state index is 0.209. The van der Waals surface area contributed by atoms with Gasteiger partial charge in [-0.1, -0.05) is 12.1 Å². The second kappa shape index (κ2) is 3.73. The summed E-state index contributed by atoms with van der Waals surface area (Å²) in [7, 11) is 1.90. The van der Waals surface area contributed by atoms with Crippen molar-refractivity contribution in [2.75, 3.05) is 5.73 Å². The predicted molar refractivity (Wildman–Crippen MR) is 56.8 cm³/mol. The molecule has 0 aliphatic rings. The lowest BCUT2D eigenvalue weighted by molar-refractivity contribution is 0.630. The smallest absolute Gasteiger partial charge is 0.146 e. The quantitative estimate of drug-likeness (QED) is 0.759. The molecule has 0 atom stereocenters. The third kappa shape index (κ3) is 1.83. The van der Waals surface area contributed by atoms with E-state index < -0.39 is 0 Å². The summed E-state index contributed by atoms with van der Waals surface area (Å²) in [6.45, 7) is 0. The summed E-state index contributed by atoms with van der Waals surface area (Å²) in [6, 6.07) is 4.83. The average Bonchev–Trinajstić information content (AvgIpc) is 2.60. The molecule has 1 heterocycles. The Hall–Kier alpha value is -1.84. The lowest BCUT2D eigenvalue weighted by Crippen LogP contribution is -2.03. The van der Waals surface area contributed by atoms with Gasteiger partial charge in [0.15, 0.2) is 0 Å². The van der Waals surface area contributed by atoms with Crippen LogP contribution >= 0.6 is 0 Å². The van der Waals surface area contributed by atoms with Crippen LogP contribution in [0.15, 0.2) is 30.6 Å². The highest BCUT2D eigenvalue weighted by atomic mass is 19.1. The molecule has 0 radical (unpaired) electrons. The van der Waals surface area contributed by atoms with E-state index in [9.17, 15) is 4.39 Å². The van der Waals surface area contributed by atoms with Gasteiger partial charge in [-0.05, 0) is 11.6 Å². The van der Waals surface area contributed by atoms with Crippen molar-refractivity contribution in [3.8, 4) is 0 Å². The second-order valence-corrected chi connectivity index (χ2v) is 3.44. The Morgan fingerprint density at radius 3 is 2.93 bits per heavy atom. The van der Waals surface area contributed by atoms with Crippen molar-refractivity contribution >= 4 is 5.69 Å². The average molecular weight is 205 g/mol. The van der Waals surface area contributed by atoms with E-state index >= 15 is 0 Å². The molecule has 1 aromatic heterocycles. The molecular formula is C11H12FN3. The van der Waals surface area contributed by atoms with E-state index in [0.717, 1.165) is 11.4 Å². The molecule has 0 bridgehead atoms. The number of nitrogens with zero attached hydrogens (tertiary/aromatic N) is 2. The van der Waals surface area contributed by atoms with Gasteiger partial charge >= 0.3 is 0 Å². The summed E-state index contributed by atoms with van der Waals surface area (Å²) in [5.41, 5.74) is 6.61. The summed E-state index contributed by atoms with van der Waals surface area (Å²) >= 11 is 0. The van der Waals surface area contributed by atoms with Gasteiger partial charge in [0, 0.05) is 25.9 Å². The van der Waals surface area contributed by atoms with Gasteiger partial charge in [0.2, 0.25) is 0 Å². The molecule has 0 saturated carbocycles. The molecular weight excluding hydrogens is 193 g/mol. The SMILES string of the molecule is Cn1ccnc1Cc1cccc(F)c1N. The summed E-state index contributed by atoms with van der Waals surface area (Å²) in [5.74, 6) is 0.494. The minimum Gasteiger partial charge on any atom is -0.396 e. The summed E-state index contributed by atoms with van der Waals surface area (Å²) in [4.78, 5) is 4.17. The standard InChI is InChI=1S/C11H12FN3/c1-15-6-5-14-10(15)7-8-3-2-4-9(12)11(8)13/h2-6H,7,13H2,1H3. The molecule has 2 aromatic rings. The van der Waals surface area contributed by atoms with Crippen molar-refractivity contribution in [3.63, 3.8) is 0 Å². The molecule has 2 N–H and O–H groups in total. The molecule has 3 nitrogen and oxygen atoms in total. The summed E-state index contributed by atoms with van der Waals surface area (Å²) in [5, 5.41) is 0. The Labute approximate surface area is 87.4 Å². The van der Waals surface area contributed by atoms with Gasteiger partial charge in [-0.15, -0.1) is 0 Å². The fraction of sp³-hybridized carbons (Fsp3) is 0.182. The molecule has 0 unspecified atom stereocenters. The van der Waals surface area contributed by atoms with Gasteiger partial charge in [-0.25, -0.2) is 9.37 Å². The molecule has 1 aromatic carbocycles. The van der Waals surface area contributed by atoms with Gasteiger partial charge in [0.25, 0.3) is 0 Å². The van der Waals surface area contributed by atoms with Crippen LogP contribution in [0.5, 0.6) is 0 Å². The maximum atomic E-state index is 13.2. The first-order valence-corrected chi connectivity index (χ1v) is 4.67. The number of para-hydroxylation sites is 1. The Balaban J connectivity index is 2.33. The highest BCUT2D eigenvalue weighted by molar-refractivity contribution is 5.49. The molecule has 0 spiro atoms. The zero-order valence-electron chi connectivity index (χ0n) is 8.44. The van der Waals surface area contributed by atoms with E-state index in [1.54, 1.807) is 12.3 Å². The van der Waals surface area contributed by atoms with Crippen LogP contribution in [0, 0.1) is 5.82 Å². The van der Waals surface area contributed by atoms with Crippen LogP contribution < -0.4 is 5.73 Å². The van der Waals surface area contributed by atoms with Crippen LogP contribution in [0.4, 0.5) is 10.1 Å². The number of aryl methyl sites for hydroxylation is 1. The van der Waals surface area contributed by atoms with Crippen molar-refractivity contribution in [2.45, 2.75) is 6.42 Å². The number of imidazole rings is 1. The summed E-state index contributed by atoms with van der Waals surface area (Å²) in [6.07, 6.45) is 4.11. The minimum atomic E-state index is -0.373. The van der Waals surface area contributed by atoms with E-state index in [-0.39, 0.29) is 11.5 Å². The number of hydrogen-bond acceptors (Lipinski definition) is 2. The number of anilines is 1. The largest absolute Gasteiger partial charge is 0.396 e. The van der Waals surface area contributed by atoms with E-state index in [2.05, 4.69) is 4.98 Å². The number of rotatable bonds is 2. The van der Waals surface area contributed by atoms with Gasteiger partial charge < -0.3 is 10.3 Å². The fourth-order valence-electron chi connectivity index (χ4n) is 1.47. The van der Waals surface area contributed by atoms with Gasteiger partial charge in [0.05, 0.1) is 5.69 Å². The van der Waals surface area contributed by atoms with E-state index in [0.29, 0.717) is 6.42 Å². The highest BCUT2D eigenvalue weighted by Gasteiger charge is 2.07. The number of benzene rings is 1. The fourth-order valence-corrected chi connectivity index (χ4v) is 1.47. The van der Waals surface area contributed by atoms with Crippen molar-refractivity contribution in [3.05, 3.63) is 47.8 Å². The van der Waals surface area contributed by atoms with E-state index in [4.69, 9.17) is 5.73 Å². The van der Waals surface area contributed by atoms with Crippen molar-refractivity contribution in [1.29, 1.82) is 0 Å². The van der Waals surface area contributed by atoms with Crippen LogP contribution in [0.3, 0.4) is 0 Å². The lowest BCUT2D eigenvalue weighted by Gasteiger charge is -2.06. The molecule has 78 valence electrons. The zero-order valence-corrected chi connectivity index (χ0v) is 8.44. The third-order valence-corrected chi connectivity index (χ3v) is 2.41. The Kier molecular flexibility index (Phi) is 2.41. The lowest BCUT2D eigenvalue weighted by atomic mass is 10.1. The van der Waals surface area contributed by atoms with Crippen molar-refractivity contribution in [1.82, 2.24) is 9.55 Å². The Bertz CT molecular complexity index is 476. The van der Waals surface area contributed by atoms with E-state index in [1.165, 1.54) is 6.07 Å². The van der Waals surface area contributed by atoms with E-state index in [1.807, 2.05) is 23.9 Å². The normalized spacial score (nSPS) is 10.5. The Morgan fingerprint density at radius 1 is 1.47 bits per heavy atom. The van der Waals surface area contributed by atoms with Crippen molar-refractivity contribution in [2.24, 2.45) is 7.05 Å². The number of aromatic nitrogens is 2. The topological polar surface area (TPSA) is 43.8 Å². The van der Waals surface area contributed by atoms with Crippen LogP contribution in [0.25, 0.3) is 0 Å². The maximum Gasteiger partial charge on any atom is 0.146 e. The first-order valence-electron chi connectivity index (χ1n) is 4.67. The van der Waals surface area contributed by atoms with Crippen LogP contribution in [0.2, 0.25) is 0 Å². The molecule has 0 aliphatic carbocycles. The zero-order chi connectivity index (χ0) is 10.8. The molecule has 15 heavy (non-hydrogen) atoms. The molecule has 4 heteroatoms. The first kappa shape index (κ1) is 9.71. The number of nitrogens with two attached hydrogens (primary N) is 1. The van der Waals surface area contributed by atoms with Gasteiger partial charge in [-0.3, -0.25) is 0 Å².